The number of allylic oxidation sites excluding steroid dienone is 4. The topological polar surface area (TPSA) is 101 Å². The van der Waals surface area contributed by atoms with E-state index in [1.165, 1.54) is 19.1 Å². The number of fused-ring (bicyclic) bond motifs is 5. The molecule has 4 aliphatic carbocycles. The Bertz CT molecular complexity index is 996. The number of hydrogen-bond acceptors (Lipinski definition) is 7. The van der Waals surface area contributed by atoms with E-state index in [0.717, 1.165) is 0 Å². The van der Waals surface area contributed by atoms with Gasteiger partial charge in [-0.05, 0) is 37.3 Å². The summed E-state index contributed by atoms with van der Waals surface area (Å²) in [7, 11) is 0. The molecule has 0 bridgehead atoms. The molecule has 0 heterocycles. The highest BCUT2D eigenvalue weighted by atomic mass is 32.2. The summed E-state index contributed by atoms with van der Waals surface area (Å²) in [5.41, 5.74) is -6.58. The Morgan fingerprint density at radius 1 is 1.29 bits per heavy atom. The molecule has 0 aromatic rings. The first-order chi connectivity index (χ1) is 15.8. The zero-order valence-electron chi connectivity index (χ0n) is 19.9. The van der Waals surface area contributed by atoms with Gasteiger partial charge in [-0.2, -0.15) is 0 Å². The van der Waals surface area contributed by atoms with Crippen LogP contribution in [0.1, 0.15) is 59.8 Å². The van der Waals surface area contributed by atoms with Gasteiger partial charge in [0.25, 0.3) is 0 Å². The van der Waals surface area contributed by atoms with Gasteiger partial charge in [0.15, 0.2) is 17.1 Å². The summed E-state index contributed by atoms with van der Waals surface area (Å²) >= 11 is 0.618. The highest BCUT2D eigenvalue weighted by molar-refractivity contribution is 8.13. The lowest BCUT2D eigenvalue weighted by Gasteiger charge is -2.62. The predicted molar refractivity (Wildman–Crippen MR) is 122 cm³/mol. The highest BCUT2D eigenvalue weighted by Gasteiger charge is 2.77. The van der Waals surface area contributed by atoms with Crippen molar-refractivity contribution >= 4 is 28.6 Å². The van der Waals surface area contributed by atoms with E-state index in [-0.39, 0.29) is 43.5 Å². The third-order valence-electron chi connectivity index (χ3n) is 9.26. The molecular formula is C25H32F2O6S. The van der Waals surface area contributed by atoms with Gasteiger partial charge in [-0.1, -0.05) is 38.6 Å². The highest BCUT2D eigenvalue weighted by Crippen LogP contribution is 2.72. The van der Waals surface area contributed by atoms with Crippen LogP contribution < -0.4 is 0 Å². The van der Waals surface area contributed by atoms with Gasteiger partial charge < -0.3 is 14.9 Å². The summed E-state index contributed by atoms with van der Waals surface area (Å²) in [5, 5.41) is 20.3. The van der Waals surface area contributed by atoms with Crippen molar-refractivity contribution in [1.82, 2.24) is 0 Å². The summed E-state index contributed by atoms with van der Waals surface area (Å²) in [6, 6.07) is 0. The molecule has 0 amide bonds. The van der Waals surface area contributed by atoms with Crippen LogP contribution in [0.5, 0.6) is 0 Å². The average Bonchev–Trinajstić information content (AvgIpc) is 2.99. The van der Waals surface area contributed by atoms with E-state index < -0.39 is 68.8 Å². The van der Waals surface area contributed by atoms with Crippen LogP contribution in [-0.4, -0.2) is 50.4 Å². The number of ether oxygens (including phenoxy) is 1. The van der Waals surface area contributed by atoms with Crippen molar-refractivity contribution in [3.05, 3.63) is 23.6 Å². The van der Waals surface area contributed by atoms with Crippen molar-refractivity contribution in [2.75, 3.05) is 5.94 Å². The van der Waals surface area contributed by atoms with Gasteiger partial charge >= 0.3 is 5.97 Å². The maximum absolute atomic E-state index is 17.2. The molecule has 188 valence electrons. The van der Waals surface area contributed by atoms with E-state index in [4.69, 9.17) is 4.74 Å². The molecule has 2 saturated carbocycles. The number of aliphatic hydroxyl groups is 2. The summed E-state index contributed by atoms with van der Waals surface area (Å²) in [6.45, 7) is 6.58. The maximum atomic E-state index is 17.2. The van der Waals surface area contributed by atoms with Crippen LogP contribution >= 0.6 is 11.8 Å². The molecule has 0 aliphatic heterocycles. The standard InChI is InChI=1S/C25H32F2O6S/c1-5-20(31)33-25(21(32)34-12-28)13(2)8-15-16-10-18(26)17-9-14(29)6-7-22(17,3)24(16,27)19(30)11-23(15,25)4/h6-7,13,15-16,19,28,30H,5,8-12H2,1-4H3/t13-,15?,16?,19+,22?,23?,24+,25?/m1/s1. The summed E-state index contributed by atoms with van der Waals surface area (Å²) < 4.78 is 38.6. The summed E-state index contributed by atoms with van der Waals surface area (Å²) in [6.07, 6.45) is 0.627. The van der Waals surface area contributed by atoms with Crippen molar-refractivity contribution in [2.24, 2.45) is 28.6 Å². The summed E-state index contributed by atoms with van der Waals surface area (Å²) in [4.78, 5) is 37.9. The monoisotopic (exact) mass is 498 g/mol. The minimum atomic E-state index is -2.27. The Morgan fingerprint density at radius 2 is 1.97 bits per heavy atom. The second-order valence-corrected chi connectivity index (χ2v) is 11.6. The van der Waals surface area contributed by atoms with Gasteiger partial charge in [-0.15, -0.1) is 0 Å². The second-order valence-electron chi connectivity index (χ2n) is 10.6. The Kier molecular flexibility index (Phi) is 6.18. The van der Waals surface area contributed by atoms with Gasteiger partial charge in [0.05, 0.1) is 12.0 Å². The van der Waals surface area contributed by atoms with E-state index >= 15 is 8.78 Å². The van der Waals surface area contributed by atoms with Crippen LogP contribution in [0.4, 0.5) is 8.78 Å². The number of rotatable bonds is 4. The predicted octanol–water partition coefficient (Wildman–Crippen LogP) is 3.80. The van der Waals surface area contributed by atoms with Crippen molar-refractivity contribution in [3.63, 3.8) is 0 Å². The van der Waals surface area contributed by atoms with E-state index in [9.17, 15) is 24.6 Å². The summed E-state index contributed by atoms with van der Waals surface area (Å²) in [5.74, 6) is -4.11. The Labute approximate surface area is 202 Å². The van der Waals surface area contributed by atoms with Crippen molar-refractivity contribution < 1.29 is 38.1 Å². The maximum Gasteiger partial charge on any atom is 0.306 e. The zero-order chi connectivity index (χ0) is 25.3. The van der Waals surface area contributed by atoms with Crippen LogP contribution in [0.25, 0.3) is 0 Å². The number of thioether (sulfide) groups is 1. The van der Waals surface area contributed by atoms with Crippen LogP contribution in [0.3, 0.4) is 0 Å². The van der Waals surface area contributed by atoms with E-state index in [2.05, 4.69) is 0 Å². The molecule has 2 N–H and O–H groups in total. The number of hydrogen-bond donors (Lipinski definition) is 2. The second kappa shape index (κ2) is 8.23. The third kappa shape index (κ3) is 3.02. The van der Waals surface area contributed by atoms with Crippen LogP contribution in [-0.2, 0) is 19.1 Å². The lowest BCUT2D eigenvalue weighted by Crippen LogP contribution is -2.69. The van der Waals surface area contributed by atoms with Gasteiger partial charge in [0.2, 0.25) is 5.12 Å². The zero-order valence-corrected chi connectivity index (χ0v) is 20.7. The fourth-order valence-corrected chi connectivity index (χ4v) is 8.42. The number of alkyl halides is 1. The molecule has 0 saturated heterocycles. The Balaban J connectivity index is 1.89. The number of esters is 1. The van der Waals surface area contributed by atoms with Gasteiger partial charge in [-0.3, -0.25) is 14.4 Å². The Hall–Kier alpha value is -1.58. The smallest absolute Gasteiger partial charge is 0.306 e. The average molecular weight is 499 g/mol. The molecule has 6 nitrogen and oxygen atoms in total. The Morgan fingerprint density at radius 3 is 2.59 bits per heavy atom. The molecule has 4 aliphatic rings. The third-order valence-corrected chi connectivity index (χ3v) is 9.96. The molecule has 0 spiro atoms. The minimum absolute atomic E-state index is 0.0168. The number of halogens is 2. The number of carbonyl (C=O) groups is 3. The lowest BCUT2D eigenvalue weighted by molar-refractivity contribution is -0.223. The first kappa shape index (κ1) is 25.5. The molecule has 5 unspecified atom stereocenters. The first-order valence-electron chi connectivity index (χ1n) is 11.8. The molecule has 8 atom stereocenters. The van der Waals surface area contributed by atoms with Crippen LogP contribution in [0.2, 0.25) is 0 Å². The molecule has 0 radical (unpaired) electrons. The molecule has 0 aromatic carbocycles. The van der Waals surface area contributed by atoms with E-state index in [1.54, 1.807) is 20.8 Å². The number of carbonyl (C=O) groups excluding carboxylic acids is 3. The van der Waals surface area contributed by atoms with Crippen LogP contribution in [0, 0.1) is 28.6 Å². The molecule has 2 fully saturated rings. The van der Waals surface area contributed by atoms with Gasteiger partial charge in [-0.25, -0.2) is 8.78 Å². The fourth-order valence-electron chi connectivity index (χ4n) is 7.61. The van der Waals surface area contributed by atoms with E-state index in [0.29, 0.717) is 11.8 Å². The first-order valence-corrected chi connectivity index (χ1v) is 12.8. The fraction of sp³-hybridized carbons (Fsp3) is 0.720. The largest absolute Gasteiger partial charge is 0.449 e. The van der Waals surface area contributed by atoms with Crippen LogP contribution in [0.15, 0.2) is 23.6 Å². The van der Waals surface area contributed by atoms with Crippen molar-refractivity contribution in [2.45, 2.75) is 77.2 Å². The normalized spacial score (nSPS) is 45.5. The molecule has 9 heteroatoms. The van der Waals surface area contributed by atoms with E-state index in [1.807, 2.05) is 0 Å². The molecule has 34 heavy (non-hydrogen) atoms. The number of aliphatic hydroxyl groups excluding tert-OH is 2. The lowest BCUT2D eigenvalue weighted by atomic mass is 9.45. The molecule has 0 aromatic heterocycles. The SMILES string of the molecule is CCC(=O)OC1(C(=O)SCO)[C@H](C)CC2C3CC(F)=C4CC(=O)C=CC4(C)[C@@]3(F)[C@@H](O)CC21C. The van der Waals surface area contributed by atoms with Crippen molar-refractivity contribution in [1.29, 1.82) is 0 Å². The minimum Gasteiger partial charge on any atom is -0.449 e. The molecule has 4 rings (SSSR count). The number of ketones is 1. The van der Waals surface area contributed by atoms with Gasteiger partial charge in [0, 0.05) is 41.9 Å². The quantitative estimate of drug-likeness (QED) is 0.449. The van der Waals surface area contributed by atoms with Crippen molar-refractivity contribution in [3.8, 4) is 0 Å². The molecular weight excluding hydrogens is 466 g/mol. The van der Waals surface area contributed by atoms with Gasteiger partial charge in [0.1, 0.15) is 5.83 Å².